The third-order valence-corrected chi connectivity index (χ3v) is 6.45. The number of methoxy groups -OCH3 is 1. The Morgan fingerprint density at radius 1 is 1.06 bits per heavy atom. The normalized spacial score (nSPS) is 14.5. The van der Waals surface area contributed by atoms with Crippen LogP contribution in [0.1, 0.15) is 27.2 Å². The van der Waals surface area contributed by atoms with Crippen LogP contribution in [0.4, 0.5) is 10.5 Å². The fourth-order valence-corrected chi connectivity index (χ4v) is 4.28. The fourth-order valence-electron chi connectivity index (χ4n) is 3.46. The summed E-state index contributed by atoms with van der Waals surface area (Å²) in [5, 5.41) is 2.23. The molecule has 2 heterocycles. The Balaban J connectivity index is 1.44. The third-order valence-electron chi connectivity index (χ3n) is 5.54. The van der Waals surface area contributed by atoms with Crippen LogP contribution < -0.4 is 5.32 Å². The largest absolute Gasteiger partial charge is 0.465 e. The molecule has 2 aromatic carbocycles. The lowest BCUT2D eigenvalue weighted by Crippen LogP contribution is -2.36. The molecule has 1 aliphatic heterocycles. The number of nitrogens with zero attached hydrogens (tertiary/aromatic N) is 1. The molecule has 3 aromatic rings. The lowest BCUT2D eigenvalue weighted by molar-refractivity contribution is -0.127. The molecule has 0 aliphatic carbocycles. The molecule has 0 bridgehead atoms. The summed E-state index contributed by atoms with van der Waals surface area (Å²) >= 11 is 0.750. The van der Waals surface area contributed by atoms with Crippen molar-refractivity contribution in [2.75, 3.05) is 19.0 Å². The van der Waals surface area contributed by atoms with Gasteiger partial charge in [0.05, 0.1) is 17.6 Å². The van der Waals surface area contributed by atoms with Crippen molar-refractivity contribution in [2.24, 2.45) is 0 Å². The molecule has 1 N–H and O–H groups in total. The monoisotopic (exact) mass is 490 g/mol. The van der Waals surface area contributed by atoms with Crippen molar-refractivity contribution in [1.82, 2.24) is 4.90 Å². The molecule has 0 atom stereocenters. The molecule has 35 heavy (non-hydrogen) atoms. The van der Waals surface area contributed by atoms with Crippen LogP contribution in [0.5, 0.6) is 0 Å². The smallest absolute Gasteiger partial charge is 0.337 e. The van der Waals surface area contributed by atoms with Crippen LogP contribution >= 0.6 is 11.8 Å². The van der Waals surface area contributed by atoms with Crippen molar-refractivity contribution in [3.8, 4) is 11.3 Å². The molecule has 3 amide bonds. The zero-order chi connectivity index (χ0) is 25.1. The van der Waals surface area contributed by atoms with Gasteiger partial charge in [-0.3, -0.25) is 19.3 Å². The molecule has 8 nitrogen and oxygen atoms in total. The number of thioether (sulfide) groups is 1. The van der Waals surface area contributed by atoms with E-state index in [2.05, 4.69) is 5.32 Å². The van der Waals surface area contributed by atoms with E-state index in [1.807, 2.05) is 26.0 Å². The summed E-state index contributed by atoms with van der Waals surface area (Å²) in [6.45, 7) is 3.44. The van der Waals surface area contributed by atoms with Crippen molar-refractivity contribution >= 4 is 46.5 Å². The summed E-state index contributed by atoms with van der Waals surface area (Å²) in [5.74, 6) is -0.549. The first kappa shape index (κ1) is 24.0. The van der Waals surface area contributed by atoms with Gasteiger partial charge in [0.25, 0.3) is 11.1 Å². The maximum absolute atomic E-state index is 12.8. The van der Waals surface area contributed by atoms with Gasteiger partial charge in [0, 0.05) is 17.3 Å². The molecule has 0 spiro atoms. The van der Waals surface area contributed by atoms with E-state index in [1.165, 1.54) is 13.2 Å². The van der Waals surface area contributed by atoms with E-state index in [1.54, 1.807) is 42.5 Å². The number of nitrogens with one attached hydrogen (secondary N) is 1. The van der Waals surface area contributed by atoms with Crippen molar-refractivity contribution in [2.45, 2.75) is 13.8 Å². The minimum Gasteiger partial charge on any atom is -0.465 e. The van der Waals surface area contributed by atoms with Crippen LogP contribution in [0.2, 0.25) is 0 Å². The van der Waals surface area contributed by atoms with E-state index >= 15 is 0 Å². The Morgan fingerprint density at radius 2 is 1.80 bits per heavy atom. The van der Waals surface area contributed by atoms with Crippen molar-refractivity contribution < 1.29 is 28.3 Å². The molecular weight excluding hydrogens is 468 g/mol. The molecule has 4 rings (SSSR count). The highest BCUT2D eigenvalue weighted by molar-refractivity contribution is 8.18. The van der Waals surface area contributed by atoms with Gasteiger partial charge in [0.2, 0.25) is 5.91 Å². The highest BCUT2D eigenvalue weighted by Gasteiger charge is 2.36. The number of imide groups is 1. The molecule has 0 radical (unpaired) electrons. The Labute approximate surface area is 205 Å². The van der Waals surface area contributed by atoms with Gasteiger partial charge < -0.3 is 14.5 Å². The summed E-state index contributed by atoms with van der Waals surface area (Å²) in [5.41, 5.74) is 3.73. The van der Waals surface area contributed by atoms with Gasteiger partial charge in [-0.05, 0) is 67.1 Å². The summed E-state index contributed by atoms with van der Waals surface area (Å²) in [6, 6.07) is 15.6. The molecule has 0 unspecified atom stereocenters. The SMILES string of the molecule is COC(=O)c1ccc(-c2ccc(/C=C3/SC(=O)N(CC(=O)Nc4cccc(C)c4C)C3=O)o2)cc1. The van der Waals surface area contributed by atoms with E-state index in [4.69, 9.17) is 9.15 Å². The predicted octanol–water partition coefficient (Wildman–Crippen LogP) is 5.03. The van der Waals surface area contributed by atoms with Gasteiger partial charge in [0.15, 0.2) is 0 Å². The Kier molecular flexibility index (Phi) is 6.88. The Morgan fingerprint density at radius 3 is 2.51 bits per heavy atom. The number of anilines is 1. The molecule has 178 valence electrons. The van der Waals surface area contributed by atoms with E-state index in [0.717, 1.165) is 33.4 Å². The molecule has 1 aliphatic rings. The van der Waals surface area contributed by atoms with Gasteiger partial charge >= 0.3 is 5.97 Å². The van der Waals surface area contributed by atoms with Crippen LogP contribution in [0.3, 0.4) is 0 Å². The average Bonchev–Trinajstić information content (AvgIpc) is 3.42. The maximum atomic E-state index is 12.8. The van der Waals surface area contributed by atoms with Crippen molar-refractivity contribution in [1.29, 1.82) is 0 Å². The summed E-state index contributed by atoms with van der Waals surface area (Å²) < 4.78 is 10.5. The van der Waals surface area contributed by atoms with E-state index in [-0.39, 0.29) is 11.4 Å². The lowest BCUT2D eigenvalue weighted by atomic mass is 10.1. The standard InChI is InChI=1S/C26H22N2O6S/c1-15-5-4-6-20(16(15)2)27-23(29)14-28-24(30)22(35-26(28)32)13-19-11-12-21(34-19)17-7-9-18(10-8-17)25(31)33-3/h4-13H,14H2,1-3H3,(H,27,29)/b22-13+. The molecule has 1 fully saturated rings. The number of rotatable bonds is 6. The summed E-state index contributed by atoms with van der Waals surface area (Å²) in [6.07, 6.45) is 1.47. The summed E-state index contributed by atoms with van der Waals surface area (Å²) in [7, 11) is 1.31. The van der Waals surface area contributed by atoms with Crippen LogP contribution in [-0.2, 0) is 14.3 Å². The molecule has 1 aromatic heterocycles. The first-order valence-electron chi connectivity index (χ1n) is 10.7. The number of aryl methyl sites for hydroxylation is 1. The van der Waals surface area contributed by atoms with Crippen molar-refractivity contribution in [3.05, 3.63) is 82.0 Å². The van der Waals surface area contributed by atoms with Crippen LogP contribution in [0.25, 0.3) is 17.4 Å². The summed E-state index contributed by atoms with van der Waals surface area (Å²) in [4.78, 5) is 50.4. The second kappa shape index (κ2) is 10.0. The maximum Gasteiger partial charge on any atom is 0.337 e. The van der Waals surface area contributed by atoms with Gasteiger partial charge in [-0.25, -0.2) is 4.79 Å². The topological polar surface area (TPSA) is 106 Å². The number of ether oxygens (including phenoxy) is 1. The average molecular weight is 491 g/mol. The first-order valence-corrected chi connectivity index (χ1v) is 11.5. The minimum atomic E-state index is -0.559. The molecule has 9 heteroatoms. The highest BCUT2D eigenvalue weighted by Crippen LogP contribution is 2.33. The quantitative estimate of drug-likeness (QED) is 0.382. The predicted molar refractivity (Wildman–Crippen MR) is 133 cm³/mol. The molecule has 1 saturated heterocycles. The first-order chi connectivity index (χ1) is 16.8. The van der Waals surface area contributed by atoms with Gasteiger partial charge in [-0.2, -0.15) is 0 Å². The van der Waals surface area contributed by atoms with Crippen molar-refractivity contribution in [3.63, 3.8) is 0 Å². The Bertz CT molecular complexity index is 1360. The number of hydrogen-bond acceptors (Lipinski definition) is 7. The number of hydrogen-bond donors (Lipinski definition) is 1. The molecule has 0 saturated carbocycles. The van der Waals surface area contributed by atoms with E-state index in [0.29, 0.717) is 22.8 Å². The second-order valence-electron chi connectivity index (χ2n) is 7.83. The number of carbonyl (C=O) groups excluding carboxylic acids is 4. The fraction of sp³-hybridized carbons (Fsp3) is 0.154. The van der Waals surface area contributed by atoms with E-state index < -0.39 is 23.0 Å². The Hall–Kier alpha value is -4.11. The second-order valence-corrected chi connectivity index (χ2v) is 8.83. The number of benzene rings is 2. The van der Waals surface area contributed by atoms with Gasteiger partial charge in [0.1, 0.15) is 18.1 Å². The zero-order valence-corrected chi connectivity index (χ0v) is 20.1. The van der Waals surface area contributed by atoms with Crippen LogP contribution in [0.15, 0.2) is 63.9 Å². The zero-order valence-electron chi connectivity index (χ0n) is 19.3. The van der Waals surface area contributed by atoms with Crippen LogP contribution in [0, 0.1) is 13.8 Å². The van der Waals surface area contributed by atoms with Crippen LogP contribution in [-0.4, -0.2) is 41.6 Å². The lowest BCUT2D eigenvalue weighted by Gasteiger charge is -2.14. The highest BCUT2D eigenvalue weighted by atomic mass is 32.2. The van der Waals surface area contributed by atoms with E-state index in [9.17, 15) is 19.2 Å². The van der Waals surface area contributed by atoms with Gasteiger partial charge in [-0.1, -0.05) is 24.3 Å². The number of carbonyl (C=O) groups is 4. The number of amides is 3. The molecular formula is C26H22N2O6S. The number of furan rings is 1. The number of esters is 1. The minimum absolute atomic E-state index is 0.163. The van der Waals surface area contributed by atoms with Gasteiger partial charge in [-0.15, -0.1) is 0 Å². The third kappa shape index (κ3) is 5.20.